The minimum atomic E-state index is -0.158. The molecule has 1 aromatic rings. The fraction of sp³-hybridized carbons (Fsp3) is 0.636. The number of nitrogens with one attached hydrogen (secondary N) is 1. The van der Waals surface area contributed by atoms with Crippen molar-refractivity contribution in [3.8, 4) is 0 Å². The van der Waals surface area contributed by atoms with E-state index in [-0.39, 0.29) is 5.56 Å². The molecule has 2 heterocycles. The van der Waals surface area contributed by atoms with Gasteiger partial charge in [0.2, 0.25) is 0 Å². The molecule has 0 spiro atoms. The molecular formula is C11H16BrN3O. The van der Waals surface area contributed by atoms with E-state index in [2.05, 4.69) is 38.0 Å². The number of H-pyrrole nitrogens is 1. The summed E-state index contributed by atoms with van der Waals surface area (Å²) in [5.74, 6) is 0.482. The summed E-state index contributed by atoms with van der Waals surface area (Å²) in [6.07, 6.45) is 2.25. The summed E-state index contributed by atoms with van der Waals surface area (Å²) >= 11 is 3.24. The number of nitrogens with zero attached hydrogens (tertiary/aromatic N) is 2. The van der Waals surface area contributed by atoms with E-state index in [4.69, 9.17) is 0 Å². The zero-order valence-corrected chi connectivity index (χ0v) is 11.0. The lowest BCUT2D eigenvalue weighted by molar-refractivity contribution is 0.220. The summed E-state index contributed by atoms with van der Waals surface area (Å²) in [4.78, 5) is 13.6. The summed E-state index contributed by atoms with van der Waals surface area (Å²) < 4.78 is 0.579. The van der Waals surface area contributed by atoms with Crippen LogP contribution in [0.5, 0.6) is 0 Å². The van der Waals surface area contributed by atoms with Crippen LogP contribution < -0.4 is 5.56 Å². The highest BCUT2D eigenvalue weighted by atomic mass is 79.9. The highest BCUT2D eigenvalue weighted by molar-refractivity contribution is 9.10. The molecular weight excluding hydrogens is 270 g/mol. The van der Waals surface area contributed by atoms with Gasteiger partial charge in [0, 0.05) is 5.92 Å². The van der Waals surface area contributed by atoms with Gasteiger partial charge in [-0.3, -0.25) is 4.79 Å². The first-order chi connectivity index (χ1) is 7.70. The summed E-state index contributed by atoms with van der Waals surface area (Å²) in [6.45, 7) is 5.56. The maximum absolute atomic E-state index is 11.2. The number of likely N-dealkylation sites (tertiary alicyclic amines) is 1. The lowest BCUT2D eigenvalue weighted by Gasteiger charge is -2.30. The number of hydrogen-bond acceptors (Lipinski definition) is 3. The van der Waals surface area contributed by atoms with E-state index in [1.165, 1.54) is 0 Å². The fourth-order valence-corrected chi connectivity index (χ4v) is 2.47. The van der Waals surface area contributed by atoms with Crippen LogP contribution >= 0.6 is 15.9 Å². The van der Waals surface area contributed by atoms with Crippen LogP contribution in [0.3, 0.4) is 0 Å². The van der Waals surface area contributed by atoms with Crippen molar-refractivity contribution >= 4 is 15.9 Å². The normalized spacial score (nSPS) is 18.9. The van der Waals surface area contributed by atoms with Gasteiger partial charge in [-0.2, -0.15) is 5.10 Å². The maximum atomic E-state index is 11.2. The second-order valence-electron chi connectivity index (χ2n) is 4.18. The van der Waals surface area contributed by atoms with Gasteiger partial charge in [-0.05, 0) is 54.5 Å². The standard InChI is InChI=1S/C11H16BrN3O/c1-2-15-5-3-8(4-6-15)10-7-9(12)11(16)14-13-10/h7-8H,2-6H2,1H3,(H,14,16). The van der Waals surface area contributed by atoms with E-state index in [1.807, 2.05) is 6.07 Å². The second-order valence-corrected chi connectivity index (χ2v) is 5.03. The van der Waals surface area contributed by atoms with Crippen molar-refractivity contribution < 1.29 is 0 Å². The van der Waals surface area contributed by atoms with E-state index in [9.17, 15) is 4.79 Å². The minimum absolute atomic E-state index is 0.158. The van der Waals surface area contributed by atoms with Crippen LogP contribution in [0.25, 0.3) is 0 Å². The number of aromatic nitrogens is 2. The van der Waals surface area contributed by atoms with Crippen LogP contribution in [0.1, 0.15) is 31.4 Å². The van der Waals surface area contributed by atoms with Gasteiger partial charge in [0.25, 0.3) is 5.56 Å². The predicted octanol–water partition coefficient (Wildman–Crippen LogP) is 1.73. The van der Waals surface area contributed by atoms with E-state index < -0.39 is 0 Å². The Balaban J connectivity index is 2.08. The summed E-state index contributed by atoms with van der Waals surface area (Å²) in [7, 11) is 0. The van der Waals surface area contributed by atoms with Crippen molar-refractivity contribution in [3.05, 3.63) is 26.6 Å². The van der Waals surface area contributed by atoms with Crippen LogP contribution in [-0.4, -0.2) is 34.7 Å². The van der Waals surface area contributed by atoms with Crippen molar-refractivity contribution in [2.24, 2.45) is 0 Å². The first-order valence-electron chi connectivity index (χ1n) is 5.68. The largest absolute Gasteiger partial charge is 0.304 e. The Hall–Kier alpha value is -0.680. The molecule has 1 N–H and O–H groups in total. The van der Waals surface area contributed by atoms with Gasteiger partial charge >= 0.3 is 0 Å². The Labute approximate surface area is 103 Å². The molecule has 1 saturated heterocycles. The van der Waals surface area contributed by atoms with Gasteiger partial charge in [-0.15, -0.1) is 0 Å². The van der Waals surface area contributed by atoms with Crippen LogP contribution in [0.2, 0.25) is 0 Å². The third-order valence-corrected chi connectivity index (χ3v) is 3.82. The molecule has 4 nitrogen and oxygen atoms in total. The molecule has 0 aliphatic carbocycles. The number of piperidine rings is 1. The van der Waals surface area contributed by atoms with Crippen LogP contribution in [-0.2, 0) is 0 Å². The smallest absolute Gasteiger partial charge is 0.278 e. The van der Waals surface area contributed by atoms with Gasteiger partial charge < -0.3 is 4.90 Å². The lowest BCUT2D eigenvalue weighted by Crippen LogP contribution is -2.33. The van der Waals surface area contributed by atoms with Gasteiger partial charge in [-0.1, -0.05) is 6.92 Å². The molecule has 0 saturated carbocycles. The molecule has 5 heteroatoms. The highest BCUT2D eigenvalue weighted by Crippen LogP contribution is 2.26. The van der Waals surface area contributed by atoms with Crippen molar-refractivity contribution in [1.82, 2.24) is 15.1 Å². The van der Waals surface area contributed by atoms with E-state index >= 15 is 0 Å². The van der Waals surface area contributed by atoms with Gasteiger partial charge in [0.1, 0.15) is 0 Å². The molecule has 1 fully saturated rings. The first-order valence-corrected chi connectivity index (χ1v) is 6.47. The SMILES string of the molecule is CCN1CCC(c2cc(Br)c(=O)[nH]n2)CC1. The fourth-order valence-electron chi connectivity index (χ4n) is 2.15. The van der Waals surface area contributed by atoms with Crippen molar-refractivity contribution in [3.63, 3.8) is 0 Å². The Morgan fingerprint density at radius 2 is 2.25 bits per heavy atom. The van der Waals surface area contributed by atoms with Crippen LogP contribution in [0, 0.1) is 0 Å². The minimum Gasteiger partial charge on any atom is -0.304 e. The summed E-state index contributed by atoms with van der Waals surface area (Å²) in [6, 6.07) is 1.85. The van der Waals surface area contributed by atoms with Crippen LogP contribution in [0.15, 0.2) is 15.3 Å². The summed E-state index contributed by atoms with van der Waals surface area (Å²) in [5, 5.41) is 6.65. The average Bonchev–Trinajstić information content (AvgIpc) is 2.33. The Morgan fingerprint density at radius 1 is 1.56 bits per heavy atom. The molecule has 1 aliphatic rings. The number of halogens is 1. The van der Waals surface area contributed by atoms with Crippen LogP contribution in [0.4, 0.5) is 0 Å². The monoisotopic (exact) mass is 285 g/mol. The molecule has 2 rings (SSSR count). The molecule has 1 aromatic heterocycles. The average molecular weight is 286 g/mol. The third-order valence-electron chi connectivity index (χ3n) is 3.23. The Bertz CT molecular complexity index is 410. The molecule has 0 amide bonds. The Morgan fingerprint density at radius 3 is 2.81 bits per heavy atom. The zero-order valence-electron chi connectivity index (χ0n) is 9.37. The van der Waals surface area contributed by atoms with E-state index in [0.717, 1.165) is 38.2 Å². The van der Waals surface area contributed by atoms with E-state index in [1.54, 1.807) is 0 Å². The quantitative estimate of drug-likeness (QED) is 0.900. The number of hydrogen-bond donors (Lipinski definition) is 1. The molecule has 0 bridgehead atoms. The molecule has 0 unspecified atom stereocenters. The molecule has 1 aliphatic heterocycles. The highest BCUT2D eigenvalue weighted by Gasteiger charge is 2.21. The Kier molecular flexibility index (Phi) is 3.76. The third kappa shape index (κ3) is 2.52. The number of aromatic amines is 1. The predicted molar refractivity (Wildman–Crippen MR) is 66.6 cm³/mol. The molecule has 0 aromatic carbocycles. The molecule has 88 valence electrons. The first kappa shape index (κ1) is 11.8. The van der Waals surface area contributed by atoms with Gasteiger partial charge in [0.15, 0.2) is 0 Å². The molecule has 16 heavy (non-hydrogen) atoms. The lowest BCUT2D eigenvalue weighted by atomic mass is 9.93. The van der Waals surface area contributed by atoms with Crippen molar-refractivity contribution in [2.45, 2.75) is 25.7 Å². The van der Waals surface area contributed by atoms with Gasteiger partial charge in [-0.25, -0.2) is 5.10 Å². The maximum Gasteiger partial charge on any atom is 0.278 e. The summed E-state index contributed by atoms with van der Waals surface area (Å²) in [5.41, 5.74) is 0.844. The molecule has 0 atom stereocenters. The molecule has 0 radical (unpaired) electrons. The van der Waals surface area contributed by atoms with Gasteiger partial charge in [0.05, 0.1) is 10.2 Å². The van der Waals surface area contributed by atoms with E-state index in [0.29, 0.717) is 10.4 Å². The zero-order chi connectivity index (χ0) is 11.5. The number of rotatable bonds is 2. The van der Waals surface area contributed by atoms with Crippen molar-refractivity contribution in [2.75, 3.05) is 19.6 Å². The van der Waals surface area contributed by atoms with Crippen molar-refractivity contribution in [1.29, 1.82) is 0 Å². The topological polar surface area (TPSA) is 49.0 Å². The second kappa shape index (κ2) is 5.10.